The van der Waals surface area contributed by atoms with Crippen LogP contribution in [0, 0.1) is 6.29 Å². The van der Waals surface area contributed by atoms with Crippen LogP contribution < -0.4 is 0 Å². The third-order valence-corrected chi connectivity index (χ3v) is 1.08. The second-order valence-corrected chi connectivity index (χ2v) is 1.86. The standard InChI is InChI=1S/C6H11O3/c1-7-5-6-8-3-2-4-9-6/h2-5H2,1H3. The Morgan fingerprint density at radius 2 is 2.11 bits per heavy atom. The molecule has 1 aliphatic rings. The predicted octanol–water partition coefficient (Wildman–Crippen LogP) is 0.559. The highest BCUT2D eigenvalue weighted by atomic mass is 16.7. The van der Waals surface area contributed by atoms with Crippen molar-refractivity contribution in [2.75, 3.05) is 26.9 Å². The lowest BCUT2D eigenvalue weighted by Gasteiger charge is -2.20. The van der Waals surface area contributed by atoms with Crippen LogP contribution in [-0.2, 0) is 14.2 Å². The molecule has 0 aromatic rings. The molecule has 1 radical (unpaired) electrons. The quantitative estimate of drug-likeness (QED) is 0.548. The Balaban J connectivity index is 2.08. The fourth-order valence-electron chi connectivity index (χ4n) is 0.674. The SMILES string of the molecule is COC[C]1OCCCO1. The van der Waals surface area contributed by atoms with Crippen molar-refractivity contribution in [1.82, 2.24) is 0 Å². The zero-order valence-corrected chi connectivity index (χ0v) is 5.55. The Morgan fingerprint density at radius 3 is 2.67 bits per heavy atom. The average Bonchev–Trinajstić information content (AvgIpc) is 1.91. The Hall–Kier alpha value is -0.120. The van der Waals surface area contributed by atoms with Gasteiger partial charge in [0, 0.05) is 7.11 Å². The summed E-state index contributed by atoms with van der Waals surface area (Å²) >= 11 is 0. The molecule has 1 heterocycles. The molecule has 1 aliphatic heterocycles. The van der Waals surface area contributed by atoms with Crippen LogP contribution in [0.25, 0.3) is 0 Å². The minimum atomic E-state index is 0.458. The number of ether oxygens (including phenoxy) is 3. The van der Waals surface area contributed by atoms with E-state index < -0.39 is 0 Å². The molecule has 9 heavy (non-hydrogen) atoms. The van der Waals surface area contributed by atoms with Crippen molar-refractivity contribution in [3.05, 3.63) is 6.29 Å². The molecule has 1 saturated heterocycles. The zero-order valence-electron chi connectivity index (χ0n) is 5.55. The van der Waals surface area contributed by atoms with Gasteiger partial charge in [0.05, 0.1) is 13.2 Å². The molecule has 0 saturated carbocycles. The van der Waals surface area contributed by atoms with Crippen LogP contribution >= 0.6 is 0 Å². The van der Waals surface area contributed by atoms with E-state index in [1.165, 1.54) is 0 Å². The van der Waals surface area contributed by atoms with Crippen molar-refractivity contribution < 1.29 is 14.2 Å². The first-order chi connectivity index (χ1) is 4.43. The summed E-state index contributed by atoms with van der Waals surface area (Å²) in [6.45, 7) is 1.98. The molecule has 0 spiro atoms. The highest BCUT2D eigenvalue weighted by Crippen LogP contribution is 2.11. The molecule has 0 atom stereocenters. The molecule has 53 valence electrons. The van der Waals surface area contributed by atoms with Gasteiger partial charge in [0.15, 0.2) is 0 Å². The van der Waals surface area contributed by atoms with E-state index in [0.717, 1.165) is 19.6 Å². The normalized spacial score (nSPS) is 22.3. The molecule has 1 rings (SSSR count). The summed E-state index contributed by atoms with van der Waals surface area (Å²) in [6.07, 6.45) is 1.59. The van der Waals surface area contributed by atoms with Crippen LogP contribution in [0.1, 0.15) is 6.42 Å². The smallest absolute Gasteiger partial charge is 0.250 e. The van der Waals surface area contributed by atoms with E-state index in [4.69, 9.17) is 14.2 Å². The molecule has 0 aliphatic carbocycles. The van der Waals surface area contributed by atoms with Gasteiger partial charge in [-0.1, -0.05) is 0 Å². The van der Waals surface area contributed by atoms with Crippen LogP contribution in [0.3, 0.4) is 0 Å². The van der Waals surface area contributed by atoms with Gasteiger partial charge in [-0.15, -0.1) is 0 Å². The van der Waals surface area contributed by atoms with E-state index >= 15 is 0 Å². The van der Waals surface area contributed by atoms with Gasteiger partial charge in [0.2, 0.25) is 6.29 Å². The van der Waals surface area contributed by atoms with E-state index in [0.29, 0.717) is 12.9 Å². The second-order valence-electron chi connectivity index (χ2n) is 1.86. The summed E-state index contributed by atoms with van der Waals surface area (Å²) in [6, 6.07) is 0. The van der Waals surface area contributed by atoms with E-state index in [-0.39, 0.29) is 0 Å². The Morgan fingerprint density at radius 1 is 1.44 bits per heavy atom. The van der Waals surface area contributed by atoms with Crippen molar-refractivity contribution >= 4 is 0 Å². The average molecular weight is 131 g/mol. The molecule has 0 N–H and O–H groups in total. The minimum Gasteiger partial charge on any atom is -0.379 e. The molecule has 0 bridgehead atoms. The Kier molecular flexibility index (Phi) is 2.97. The van der Waals surface area contributed by atoms with Crippen LogP contribution in [-0.4, -0.2) is 26.9 Å². The van der Waals surface area contributed by atoms with Crippen molar-refractivity contribution in [3.63, 3.8) is 0 Å². The summed E-state index contributed by atoms with van der Waals surface area (Å²) in [4.78, 5) is 0. The largest absolute Gasteiger partial charge is 0.379 e. The first-order valence-electron chi connectivity index (χ1n) is 3.04. The molecular weight excluding hydrogens is 120 g/mol. The van der Waals surface area contributed by atoms with Gasteiger partial charge in [0.25, 0.3) is 0 Å². The minimum absolute atomic E-state index is 0.458. The summed E-state index contributed by atoms with van der Waals surface area (Å²) in [7, 11) is 1.62. The van der Waals surface area contributed by atoms with Crippen molar-refractivity contribution in [2.45, 2.75) is 6.42 Å². The molecule has 3 heteroatoms. The summed E-state index contributed by atoms with van der Waals surface area (Å²) < 4.78 is 15.0. The topological polar surface area (TPSA) is 27.7 Å². The molecule has 0 aromatic heterocycles. The molecule has 0 aromatic carbocycles. The lowest BCUT2D eigenvalue weighted by molar-refractivity contribution is -0.113. The van der Waals surface area contributed by atoms with Gasteiger partial charge < -0.3 is 14.2 Å². The maximum absolute atomic E-state index is 5.09. The zero-order chi connectivity index (χ0) is 6.53. The van der Waals surface area contributed by atoms with Gasteiger partial charge in [0.1, 0.15) is 6.61 Å². The lowest BCUT2D eigenvalue weighted by atomic mass is 10.4. The number of hydrogen-bond acceptors (Lipinski definition) is 3. The Bertz CT molecular complexity index is 65.9. The summed E-state index contributed by atoms with van der Waals surface area (Å²) in [5, 5.41) is 0. The molecule has 1 fully saturated rings. The number of hydrogen-bond donors (Lipinski definition) is 0. The molecule has 0 amide bonds. The maximum atomic E-state index is 5.09. The molecule has 0 unspecified atom stereocenters. The first kappa shape index (κ1) is 6.99. The Labute approximate surface area is 54.9 Å². The summed E-state index contributed by atoms with van der Waals surface area (Å²) in [5.41, 5.74) is 0. The lowest BCUT2D eigenvalue weighted by Crippen LogP contribution is -2.21. The van der Waals surface area contributed by atoms with Crippen LogP contribution in [0.15, 0.2) is 0 Å². The van der Waals surface area contributed by atoms with Gasteiger partial charge in [-0.2, -0.15) is 0 Å². The van der Waals surface area contributed by atoms with Gasteiger partial charge in [-0.25, -0.2) is 0 Å². The van der Waals surface area contributed by atoms with Crippen molar-refractivity contribution in [1.29, 1.82) is 0 Å². The maximum Gasteiger partial charge on any atom is 0.250 e. The van der Waals surface area contributed by atoms with Gasteiger partial charge in [-0.3, -0.25) is 0 Å². The molecule has 3 nitrogen and oxygen atoms in total. The number of rotatable bonds is 2. The third kappa shape index (κ3) is 2.30. The van der Waals surface area contributed by atoms with Gasteiger partial charge in [-0.05, 0) is 6.42 Å². The van der Waals surface area contributed by atoms with E-state index in [2.05, 4.69) is 0 Å². The van der Waals surface area contributed by atoms with Gasteiger partial charge >= 0.3 is 0 Å². The summed E-state index contributed by atoms with van der Waals surface area (Å²) in [5.74, 6) is 0. The van der Waals surface area contributed by atoms with E-state index in [9.17, 15) is 0 Å². The fraction of sp³-hybridized carbons (Fsp3) is 0.833. The first-order valence-corrected chi connectivity index (χ1v) is 3.04. The fourth-order valence-corrected chi connectivity index (χ4v) is 0.674. The third-order valence-electron chi connectivity index (χ3n) is 1.08. The van der Waals surface area contributed by atoms with Crippen LogP contribution in [0.5, 0.6) is 0 Å². The second kappa shape index (κ2) is 3.82. The highest BCUT2D eigenvalue weighted by molar-refractivity contribution is 4.66. The highest BCUT2D eigenvalue weighted by Gasteiger charge is 2.14. The van der Waals surface area contributed by atoms with Crippen LogP contribution in [0.4, 0.5) is 0 Å². The van der Waals surface area contributed by atoms with Crippen LogP contribution in [0.2, 0.25) is 0 Å². The van der Waals surface area contributed by atoms with E-state index in [1.54, 1.807) is 7.11 Å². The van der Waals surface area contributed by atoms with Crippen molar-refractivity contribution in [3.8, 4) is 0 Å². The monoisotopic (exact) mass is 131 g/mol. The predicted molar refractivity (Wildman–Crippen MR) is 31.6 cm³/mol. The van der Waals surface area contributed by atoms with Crippen molar-refractivity contribution in [2.24, 2.45) is 0 Å². The number of methoxy groups -OCH3 is 1. The molecular formula is C6H11O3. The van der Waals surface area contributed by atoms with E-state index in [1.807, 2.05) is 0 Å².